The molecule has 1 fully saturated rings. The Morgan fingerprint density at radius 3 is 2.57 bits per heavy atom. The third-order valence-corrected chi connectivity index (χ3v) is 5.39. The molecule has 2 rings (SSSR count). The summed E-state index contributed by atoms with van der Waals surface area (Å²) in [7, 11) is 0. The second-order valence-corrected chi connectivity index (χ2v) is 7.61. The minimum atomic E-state index is -3.34. The number of aliphatic hydroxyl groups is 4. The summed E-state index contributed by atoms with van der Waals surface area (Å²) in [5, 5.41) is 51.2. The Hall–Kier alpha value is -1.38. The number of aromatic amines is 1. The number of aromatic nitrogens is 2. The molecule has 0 amide bonds. The zero-order valence-electron chi connectivity index (χ0n) is 16.4. The molecule has 0 saturated carbocycles. The van der Waals surface area contributed by atoms with Crippen molar-refractivity contribution in [2.45, 2.75) is 75.6 Å². The number of hydroxylamine groups is 2. The Morgan fingerprint density at radius 2 is 1.97 bits per heavy atom. The Balaban J connectivity index is 2.41. The normalized spacial score (nSPS) is 30.2. The van der Waals surface area contributed by atoms with Gasteiger partial charge in [-0.1, -0.05) is 44.2 Å². The van der Waals surface area contributed by atoms with Crippen LogP contribution in [0.3, 0.4) is 0 Å². The summed E-state index contributed by atoms with van der Waals surface area (Å²) >= 11 is 5.66. The maximum absolute atomic E-state index is 14.7. The second-order valence-electron chi connectivity index (χ2n) is 7.21. The summed E-state index contributed by atoms with van der Waals surface area (Å²) < 4.78 is 19.9. The molecule has 1 saturated heterocycles. The highest BCUT2D eigenvalue weighted by atomic mass is 35.5. The van der Waals surface area contributed by atoms with Gasteiger partial charge in [-0.05, 0) is 12.8 Å². The van der Waals surface area contributed by atoms with E-state index in [0.29, 0.717) is 19.0 Å². The summed E-state index contributed by atoms with van der Waals surface area (Å²) in [5.74, 6) is -3.31. The van der Waals surface area contributed by atoms with Crippen molar-refractivity contribution >= 4 is 11.6 Å². The van der Waals surface area contributed by atoms with Crippen LogP contribution in [0.1, 0.15) is 45.4 Å². The first-order valence-corrected chi connectivity index (χ1v) is 9.98. The van der Waals surface area contributed by atoms with E-state index in [1.807, 2.05) is 6.92 Å². The molecule has 1 unspecified atom stereocenters. The maximum Gasteiger partial charge on any atom is 0.332 e. The summed E-state index contributed by atoms with van der Waals surface area (Å²) in [6.45, 7) is 1.05. The van der Waals surface area contributed by atoms with Crippen molar-refractivity contribution in [2.24, 2.45) is 0 Å². The molecule has 0 aromatic carbocycles. The van der Waals surface area contributed by atoms with E-state index in [2.05, 4.69) is 0 Å². The quantitative estimate of drug-likeness (QED) is 0.119. The molecule has 11 nitrogen and oxygen atoms in total. The fourth-order valence-electron chi connectivity index (χ4n) is 3.39. The summed E-state index contributed by atoms with van der Waals surface area (Å²) in [5.41, 5.74) is -5.69. The molecule has 172 valence electrons. The molecule has 0 bridgehead atoms. The maximum atomic E-state index is 14.7. The van der Waals surface area contributed by atoms with Gasteiger partial charge in [-0.25, -0.2) is 13.8 Å². The van der Waals surface area contributed by atoms with Crippen molar-refractivity contribution < 1.29 is 34.8 Å². The smallest absolute Gasteiger partial charge is 0.332 e. The van der Waals surface area contributed by atoms with Crippen LogP contribution in [0.2, 0.25) is 5.02 Å². The molecule has 1 aromatic heterocycles. The number of nitrogens with zero attached hydrogens (tertiary/aromatic N) is 2. The number of alkyl halides is 1. The number of ether oxygens (including phenoxy) is 1. The van der Waals surface area contributed by atoms with Gasteiger partial charge in [-0.15, -0.1) is 5.06 Å². The van der Waals surface area contributed by atoms with Crippen LogP contribution >= 0.6 is 11.6 Å². The SMILES string of the molecule is CCCCCCCC(F)N(O)[C@@]1(O)[C@H](O)[C@@H](CO)O[C@@]1(O)n1cc(Cl)c(=O)[nH]c1=O. The van der Waals surface area contributed by atoms with E-state index in [1.165, 1.54) is 0 Å². The van der Waals surface area contributed by atoms with Crippen LogP contribution in [0.15, 0.2) is 15.8 Å². The van der Waals surface area contributed by atoms with Gasteiger partial charge in [-0.3, -0.25) is 9.78 Å². The molecule has 5 atom stereocenters. The number of halogens is 2. The average Bonchev–Trinajstić information content (AvgIpc) is 2.91. The van der Waals surface area contributed by atoms with Gasteiger partial charge in [-0.2, -0.15) is 0 Å². The number of hydrogen-bond acceptors (Lipinski definition) is 9. The van der Waals surface area contributed by atoms with Crippen molar-refractivity contribution in [3.05, 3.63) is 32.1 Å². The number of hydrogen-bond donors (Lipinski definition) is 6. The highest BCUT2D eigenvalue weighted by Gasteiger charge is 2.71. The van der Waals surface area contributed by atoms with Gasteiger partial charge in [0, 0.05) is 6.20 Å². The van der Waals surface area contributed by atoms with Crippen molar-refractivity contribution in [1.82, 2.24) is 14.6 Å². The number of H-pyrrole nitrogens is 1. The first kappa shape index (κ1) is 24.9. The lowest BCUT2D eigenvalue weighted by Crippen LogP contribution is -2.69. The molecule has 13 heteroatoms. The second kappa shape index (κ2) is 9.83. The summed E-state index contributed by atoms with van der Waals surface area (Å²) in [4.78, 5) is 25.4. The van der Waals surface area contributed by atoms with Gasteiger partial charge in [0.05, 0.1) is 6.61 Å². The molecule has 1 aliphatic heterocycles. The minimum Gasteiger partial charge on any atom is -0.394 e. The van der Waals surface area contributed by atoms with Crippen molar-refractivity contribution in [2.75, 3.05) is 6.61 Å². The van der Waals surface area contributed by atoms with Crippen LogP contribution in [-0.4, -0.2) is 71.1 Å². The fourth-order valence-corrected chi connectivity index (χ4v) is 3.54. The molecule has 1 aliphatic rings. The summed E-state index contributed by atoms with van der Waals surface area (Å²) in [6, 6.07) is 0. The van der Waals surface area contributed by atoms with Gasteiger partial charge in [0.2, 0.25) is 5.72 Å². The van der Waals surface area contributed by atoms with Crippen LogP contribution in [0.4, 0.5) is 4.39 Å². The Kier molecular flexibility index (Phi) is 8.15. The lowest BCUT2D eigenvalue weighted by atomic mass is 10.00. The van der Waals surface area contributed by atoms with E-state index in [4.69, 9.17) is 16.3 Å². The van der Waals surface area contributed by atoms with Crippen molar-refractivity contribution in [3.63, 3.8) is 0 Å². The van der Waals surface area contributed by atoms with Crippen LogP contribution in [0.5, 0.6) is 0 Å². The molecule has 0 aliphatic carbocycles. The Bertz CT molecular complexity index is 838. The highest BCUT2D eigenvalue weighted by Crippen LogP contribution is 2.44. The van der Waals surface area contributed by atoms with Gasteiger partial charge in [0.1, 0.15) is 17.2 Å². The molecule has 2 heterocycles. The van der Waals surface area contributed by atoms with Crippen molar-refractivity contribution in [1.29, 1.82) is 0 Å². The average molecular weight is 456 g/mol. The molecule has 0 radical (unpaired) electrons. The zero-order valence-corrected chi connectivity index (χ0v) is 17.1. The fraction of sp³-hybridized carbons (Fsp3) is 0.765. The Morgan fingerprint density at radius 1 is 1.33 bits per heavy atom. The third kappa shape index (κ3) is 4.32. The van der Waals surface area contributed by atoms with Crippen LogP contribution in [0.25, 0.3) is 0 Å². The van der Waals surface area contributed by atoms with Gasteiger partial charge in [0.25, 0.3) is 5.56 Å². The van der Waals surface area contributed by atoms with E-state index in [1.54, 1.807) is 4.98 Å². The monoisotopic (exact) mass is 455 g/mol. The first-order chi connectivity index (χ1) is 14.0. The standard InChI is InChI=1S/C17H27ClFN3O8/c1-2-3-4-5-6-7-12(19)22(29)16(27)13(24)11(9-23)30-17(16,28)21-8-10(18)14(25)20-15(21)26/h8,11-13,23-24,27-29H,2-7,9H2,1H3,(H,20,25,26)/t11-,12?,13-,16-,17-/m1/s1. The van der Waals surface area contributed by atoms with E-state index < -0.39 is 53.0 Å². The molecular weight excluding hydrogens is 429 g/mol. The molecule has 1 aromatic rings. The highest BCUT2D eigenvalue weighted by molar-refractivity contribution is 6.30. The van der Waals surface area contributed by atoms with Gasteiger partial charge >= 0.3 is 11.6 Å². The minimum absolute atomic E-state index is 0.187. The van der Waals surface area contributed by atoms with Crippen LogP contribution < -0.4 is 11.2 Å². The molecule has 6 N–H and O–H groups in total. The number of aliphatic hydroxyl groups excluding tert-OH is 2. The van der Waals surface area contributed by atoms with E-state index in [9.17, 15) is 39.6 Å². The molecular formula is C17H27ClFN3O8. The van der Waals surface area contributed by atoms with E-state index >= 15 is 0 Å². The number of unbranched alkanes of at least 4 members (excludes halogenated alkanes) is 4. The lowest BCUT2D eigenvalue weighted by Gasteiger charge is -2.43. The Labute approximate surface area is 175 Å². The van der Waals surface area contributed by atoms with Crippen LogP contribution in [0, 0.1) is 0 Å². The van der Waals surface area contributed by atoms with E-state index in [-0.39, 0.29) is 16.1 Å². The third-order valence-electron chi connectivity index (χ3n) is 5.13. The topological polar surface area (TPSA) is 168 Å². The van der Waals surface area contributed by atoms with Gasteiger partial charge in [0.15, 0.2) is 6.30 Å². The predicted octanol–water partition coefficient (Wildman–Crippen LogP) is -0.420. The van der Waals surface area contributed by atoms with Crippen molar-refractivity contribution in [3.8, 4) is 0 Å². The largest absolute Gasteiger partial charge is 0.394 e. The van der Waals surface area contributed by atoms with Crippen LogP contribution in [-0.2, 0) is 10.6 Å². The zero-order chi connectivity index (χ0) is 22.7. The first-order valence-electron chi connectivity index (χ1n) is 9.60. The number of rotatable bonds is 10. The molecule has 0 spiro atoms. The predicted molar refractivity (Wildman–Crippen MR) is 101 cm³/mol. The summed E-state index contributed by atoms with van der Waals surface area (Å²) in [6.07, 6.45) is -2.18. The molecule has 30 heavy (non-hydrogen) atoms. The van der Waals surface area contributed by atoms with Gasteiger partial charge < -0.3 is 30.4 Å². The lowest BCUT2D eigenvalue weighted by molar-refractivity contribution is -0.428. The van der Waals surface area contributed by atoms with E-state index in [0.717, 1.165) is 19.3 Å². The number of nitrogens with one attached hydrogen (secondary N) is 1.